The van der Waals surface area contributed by atoms with Crippen molar-refractivity contribution in [3.63, 3.8) is 0 Å². The second-order valence-corrected chi connectivity index (χ2v) is 8.41. The summed E-state index contributed by atoms with van der Waals surface area (Å²) in [4.78, 5) is 28.9. The van der Waals surface area contributed by atoms with E-state index in [2.05, 4.69) is 12.1 Å². The molecule has 2 saturated heterocycles. The van der Waals surface area contributed by atoms with Gasteiger partial charge in [-0.3, -0.25) is 9.59 Å². The van der Waals surface area contributed by atoms with Gasteiger partial charge in [-0.05, 0) is 57.2 Å². The van der Waals surface area contributed by atoms with Crippen molar-refractivity contribution in [2.75, 3.05) is 19.6 Å². The summed E-state index contributed by atoms with van der Waals surface area (Å²) >= 11 is 0. The Balaban J connectivity index is 1.59. The topological polar surface area (TPSA) is 64.4 Å². The van der Waals surface area contributed by atoms with Crippen LogP contribution in [-0.2, 0) is 9.59 Å². The van der Waals surface area contributed by atoms with E-state index >= 15 is 0 Å². The Morgan fingerprint density at radius 1 is 1.23 bits per heavy atom. The van der Waals surface area contributed by atoms with Gasteiger partial charge in [0.15, 0.2) is 0 Å². The fourth-order valence-electron chi connectivity index (χ4n) is 4.07. The summed E-state index contributed by atoms with van der Waals surface area (Å²) in [7, 11) is 0. The van der Waals surface area contributed by atoms with Crippen LogP contribution in [0.1, 0.15) is 57.1 Å². The van der Waals surface area contributed by atoms with E-state index in [4.69, 9.17) is 5.26 Å². The van der Waals surface area contributed by atoms with Gasteiger partial charge in [-0.2, -0.15) is 5.26 Å². The number of hydrogen-bond donors (Lipinski definition) is 0. The molecule has 0 aromatic heterocycles. The minimum Gasteiger partial charge on any atom is -0.342 e. The van der Waals surface area contributed by atoms with Crippen LogP contribution in [-0.4, -0.2) is 46.8 Å². The van der Waals surface area contributed by atoms with Crippen LogP contribution >= 0.6 is 0 Å². The van der Waals surface area contributed by atoms with Crippen LogP contribution in [0, 0.1) is 17.2 Å². The number of piperidine rings is 1. The maximum absolute atomic E-state index is 12.9. The quantitative estimate of drug-likeness (QED) is 0.821. The average molecular weight is 353 g/mol. The van der Waals surface area contributed by atoms with Gasteiger partial charge < -0.3 is 9.80 Å². The van der Waals surface area contributed by atoms with Crippen molar-refractivity contribution in [1.82, 2.24) is 9.80 Å². The average Bonchev–Trinajstić information content (AvgIpc) is 3.03. The molecule has 138 valence electrons. The van der Waals surface area contributed by atoms with Crippen LogP contribution in [0.4, 0.5) is 0 Å². The summed E-state index contributed by atoms with van der Waals surface area (Å²) < 4.78 is 0. The monoisotopic (exact) mass is 353 g/mol. The third-order valence-corrected chi connectivity index (χ3v) is 5.58. The fourth-order valence-corrected chi connectivity index (χ4v) is 4.07. The molecule has 5 nitrogen and oxygen atoms in total. The summed E-state index contributed by atoms with van der Waals surface area (Å²) in [5.41, 5.74) is 1.64. The van der Waals surface area contributed by atoms with Gasteiger partial charge in [0.05, 0.1) is 17.6 Å². The molecular formula is C21H27N3O2. The smallest absolute Gasteiger partial charge is 0.227 e. The van der Waals surface area contributed by atoms with Gasteiger partial charge in [0.25, 0.3) is 0 Å². The highest BCUT2D eigenvalue weighted by atomic mass is 16.2. The van der Waals surface area contributed by atoms with Crippen LogP contribution in [0.15, 0.2) is 24.3 Å². The lowest BCUT2D eigenvalue weighted by molar-refractivity contribution is -0.136. The molecule has 1 atom stereocenters. The van der Waals surface area contributed by atoms with Gasteiger partial charge in [0, 0.05) is 31.6 Å². The summed E-state index contributed by atoms with van der Waals surface area (Å²) in [5.74, 6) is 0.386. The van der Waals surface area contributed by atoms with E-state index in [1.54, 1.807) is 0 Å². The van der Waals surface area contributed by atoms with Crippen LogP contribution in [0.25, 0.3) is 0 Å². The number of hydrogen-bond acceptors (Lipinski definition) is 3. The molecule has 0 aliphatic carbocycles. The first kappa shape index (κ1) is 18.4. The second kappa shape index (κ2) is 7.11. The Hall–Kier alpha value is -2.35. The standard InChI is InChI=1S/C21H27N3O2/c1-21(2,3)24-14-18(12-19(24)25)20(26)23-9-7-16(8-10-23)17-6-4-5-15(11-17)13-22/h4-6,11,16,18H,7-10,12,14H2,1-3H3/t18-/m1/s1. The third-order valence-electron chi connectivity index (χ3n) is 5.58. The van der Waals surface area contributed by atoms with E-state index < -0.39 is 0 Å². The van der Waals surface area contributed by atoms with E-state index in [-0.39, 0.29) is 23.3 Å². The molecule has 0 bridgehead atoms. The van der Waals surface area contributed by atoms with Crippen molar-refractivity contribution in [2.24, 2.45) is 5.92 Å². The largest absolute Gasteiger partial charge is 0.342 e. The maximum atomic E-state index is 12.9. The van der Waals surface area contributed by atoms with Crippen molar-refractivity contribution >= 4 is 11.8 Å². The molecule has 2 aliphatic rings. The molecule has 26 heavy (non-hydrogen) atoms. The molecule has 5 heteroatoms. The summed E-state index contributed by atoms with van der Waals surface area (Å²) in [6.45, 7) is 8.02. The summed E-state index contributed by atoms with van der Waals surface area (Å²) in [6, 6.07) is 9.96. The molecule has 2 aliphatic heterocycles. The Kier molecular flexibility index (Phi) is 5.04. The van der Waals surface area contributed by atoms with Gasteiger partial charge in [-0.15, -0.1) is 0 Å². The van der Waals surface area contributed by atoms with Crippen LogP contribution in [0.5, 0.6) is 0 Å². The SMILES string of the molecule is CC(C)(C)N1C[C@H](C(=O)N2CCC(c3cccc(C#N)c3)CC2)CC1=O. The molecule has 2 amide bonds. The van der Waals surface area contributed by atoms with Gasteiger partial charge in [0.2, 0.25) is 11.8 Å². The van der Waals surface area contributed by atoms with E-state index in [1.165, 1.54) is 5.56 Å². The van der Waals surface area contributed by atoms with Gasteiger partial charge in [0.1, 0.15) is 0 Å². The van der Waals surface area contributed by atoms with Gasteiger partial charge >= 0.3 is 0 Å². The Morgan fingerprint density at radius 2 is 1.92 bits per heavy atom. The Morgan fingerprint density at radius 3 is 2.50 bits per heavy atom. The molecule has 0 spiro atoms. The molecule has 1 aromatic rings. The number of carbonyl (C=O) groups is 2. The van der Waals surface area contributed by atoms with E-state index in [0.717, 1.165) is 25.9 Å². The highest BCUT2D eigenvalue weighted by Gasteiger charge is 2.41. The predicted octanol–water partition coefficient (Wildman–Crippen LogP) is 2.91. The molecular weight excluding hydrogens is 326 g/mol. The van der Waals surface area contributed by atoms with E-state index in [9.17, 15) is 9.59 Å². The van der Waals surface area contributed by atoms with Crippen molar-refractivity contribution < 1.29 is 9.59 Å². The minimum absolute atomic E-state index is 0.0825. The summed E-state index contributed by atoms with van der Waals surface area (Å²) in [5, 5.41) is 9.06. The van der Waals surface area contributed by atoms with Crippen molar-refractivity contribution in [3.05, 3.63) is 35.4 Å². The number of nitrogens with zero attached hydrogens (tertiary/aromatic N) is 3. The van der Waals surface area contributed by atoms with Crippen LogP contribution in [0.2, 0.25) is 0 Å². The summed E-state index contributed by atoms with van der Waals surface area (Å²) in [6.07, 6.45) is 2.15. The third kappa shape index (κ3) is 3.75. The molecule has 0 saturated carbocycles. The molecule has 2 fully saturated rings. The van der Waals surface area contributed by atoms with Crippen LogP contribution < -0.4 is 0 Å². The highest BCUT2D eigenvalue weighted by molar-refractivity contribution is 5.89. The molecule has 0 radical (unpaired) electrons. The highest BCUT2D eigenvalue weighted by Crippen LogP contribution is 2.31. The predicted molar refractivity (Wildman–Crippen MR) is 99.3 cm³/mol. The van der Waals surface area contributed by atoms with Crippen molar-refractivity contribution in [1.29, 1.82) is 5.26 Å². The molecule has 0 N–H and O–H groups in total. The number of nitriles is 1. The zero-order valence-corrected chi connectivity index (χ0v) is 15.9. The first-order chi connectivity index (χ1) is 12.3. The molecule has 0 unspecified atom stereocenters. The zero-order valence-electron chi connectivity index (χ0n) is 15.9. The number of carbonyl (C=O) groups excluding carboxylic acids is 2. The number of benzene rings is 1. The van der Waals surface area contributed by atoms with E-state index in [1.807, 2.05) is 48.8 Å². The number of likely N-dealkylation sites (tertiary alicyclic amines) is 2. The first-order valence-corrected chi connectivity index (χ1v) is 9.39. The van der Waals surface area contributed by atoms with Gasteiger partial charge in [-0.1, -0.05) is 12.1 Å². The molecule has 3 rings (SSSR count). The lowest BCUT2D eigenvalue weighted by Gasteiger charge is -2.35. The minimum atomic E-state index is -0.231. The molecule has 1 aromatic carbocycles. The maximum Gasteiger partial charge on any atom is 0.227 e. The zero-order chi connectivity index (χ0) is 18.9. The van der Waals surface area contributed by atoms with Crippen molar-refractivity contribution in [3.8, 4) is 6.07 Å². The lowest BCUT2D eigenvalue weighted by atomic mass is 9.88. The number of rotatable bonds is 2. The fraction of sp³-hybridized carbons (Fsp3) is 0.571. The normalized spacial score (nSPS) is 21.8. The lowest BCUT2D eigenvalue weighted by Crippen LogP contribution is -2.45. The first-order valence-electron chi connectivity index (χ1n) is 9.39. The molecule has 2 heterocycles. The Labute approximate surface area is 155 Å². The second-order valence-electron chi connectivity index (χ2n) is 8.41. The van der Waals surface area contributed by atoms with Gasteiger partial charge in [-0.25, -0.2) is 0 Å². The van der Waals surface area contributed by atoms with Crippen LogP contribution in [0.3, 0.4) is 0 Å². The van der Waals surface area contributed by atoms with E-state index in [0.29, 0.717) is 24.4 Å². The number of amides is 2. The van der Waals surface area contributed by atoms with Crippen molar-refractivity contribution in [2.45, 2.75) is 51.5 Å². The Bertz CT molecular complexity index is 736.